The monoisotopic (exact) mass is 316 g/mol. The number of amides is 1. The maximum absolute atomic E-state index is 12.3. The molecule has 0 spiro atoms. The first kappa shape index (κ1) is 15.5. The lowest BCUT2D eigenvalue weighted by atomic mass is 10.1. The number of nitrogens with one attached hydrogen (secondary N) is 1. The summed E-state index contributed by atoms with van der Waals surface area (Å²) in [6.45, 7) is 0.387. The van der Waals surface area contributed by atoms with Gasteiger partial charge in [0.25, 0.3) is 0 Å². The third-order valence-corrected chi connectivity index (χ3v) is 3.69. The van der Waals surface area contributed by atoms with Crippen molar-refractivity contribution in [2.45, 2.75) is 6.54 Å². The fraction of sp³-hybridized carbons (Fsp3) is 0.105. The summed E-state index contributed by atoms with van der Waals surface area (Å²) >= 11 is 0. The standard InChI is InChI=1S/C19H16N4O/c1-23(13-18-21-16-8-4-5-9-17(16)22-18)19(24)11-10-14-6-2-3-7-15(14)12-20/h2-11H,13H2,1H3,(H,21,22)/b11-10+. The second-order valence-corrected chi connectivity index (χ2v) is 5.43. The van der Waals surface area contributed by atoms with Gasteiger partial charge in [0.05, 0.1) is 29.2 Å². The van der Waals surface area contributed by atoms with Crippen LogP contribution in [-0.2, 0) is 11.3 Å². The van der Waals surface area contributed by atoms with Crippen LogP contribution in [0.3, 0.4) is 0 Å². The van der Waals surface area contributed by atoms with Crippen molar-refractivity contribution in [1.29, 1.82) is 5.26 Å². The number of nitrogens with zero attached hydrogens (tertiary/aromatic N) is 3. The van der Waals surface area contributed by atoms with E-state index < -0.39 is 0 Å². The molecule has 1 heterocycles. The van der Waals surface area contributed by atoms with Crippen molar-refractivity contribution in [3.05, 3.63) is 71.6 Å². The number of aromatic nitrogens is 2. The Morgan fingerprint density at radius 2 is 2.00 bits per heavy atom. The molecule has 1 aromatic heterocycles. The fourth-order valence-corrected chi connectivity index (χ4v) is 2.42. The number of hydrogen-bond acceptors (Lipinski definition) is 3. The summed E-state index contributed by atoms with van der Waals surface area (Å²) in [5.74, 6) is 0.584. The summed E-state index contributed by atoms with van der Waals surface area (Å²) in [5.41, 5.74) is 3.10. The molecule has 2 aromatic carbocycles. The first-order chi connectivity index (χ1) is 11.7. The number of fused-ring (bicyclic) bond motifs is 1. The van der Waals surface area contributed by atoms with E-state index in [9.17, 15) is 4.79 Å². The molecular formula is C19H16N4O. The number of para-hydroxylation sites is 2. The Kier molecular flexibility index (Phi) is 4.39. The zero-order chi connectivity index (χ0) is 16.9. The molecule has 5 nitrogen and oxygen atoms in total. The third-order valence-electron chi connectivity index (χ3n) is 3.69. The van der Waals surface area contributed by atoms with Crippen molar-refractivity contribution >= 4 is 23.0 Å². The Balaban J connectivity index is 1.70. The maximum atomic E-state index is 12.3. The minimum Gasteiger partial charge on any atom is -0.340 e. The minimum atomic E-state index is -0.150. The van der Waals surface area contributed by atoms with Crippen LogP contribution in [0.15, 0.2) is 54.6 Å². The molecule has 24 heavy (non-hydrogen) atoms. The normalized spacial score (nSPS) is 10.8. The predicted molar refractivity (Wildman–Crippen MR) is 92.8 cm³/mol. The van der Waals surface area contributed by atoms with Gasteiger partial charge in [0.1, 0.15) is 5.82 Å². The molecule has 1 amide bonds. The number of H-pyrrole nitrogens is 1. The lowest BCUT2D eigenvalue weighted by Crippen LogP contribution is -2.24. The van der Waals surface area contributed by atoms with E-state index in [1.165, 1.54) is 6.08 Å². The first-order valence-corrected chi connectivity index (χ1v) is 7.53. The first-order valence-electron chi connectivity index (χ1n) is 7.53. The van der Waals surface area contributed by atoms with Crippen LogP contribution in [0.4, 0.5) is 0 Å². The lowest BCUT2D eigenvalue weighted by molar-refractivity contribution is -0.125. The van der Waals surface area contributed by atoms with Gasteiger partial charge in [-0.05, 0) is 29.8 Å². The summed E-state index contributed by atoms with van der Waals surface area (Å²) in [5, 5.41) is 9.07. The fourth-order valence-electron chi connectivity index (χ4n) is 2.42. The highest BCUT2D eigenvalue weighted by Crippen LogP contribution is 2.12. The van der Waals surface area contributed by atoms with Gasteiger partial charge in [0, 0.05) is 13.1 Å². The molecule has 0 aliphatic heterocycles. The van der Waals surface area contributed by atoms with Crippen LogP contribution < -0.4 is 0 Å². The zero-order valence-electron chi connectivity index (χ0n) is 13.2. The third kappa shape index (κ3) is 3.33. The Hall–Kier alpha value is -3.39. The quantitative estimate of drug-likeness (QED) is 0.752. The van der Waals surface area contributed by atoms with Gasteiger partial charge in [-0.3, -0.25) is 4.79 Å². The molecule has 3 aromatic rings. The van der Waals surface area contributed by atoms with Crippen LogP contribution in [0.25, 0.3) is 17.1 Å². The average molecular weight is 316 g/mol. The molecule has 0 saturated carbocycles. The van der Waals surface area contributed by atoms with Crippen LogP contribution in [0.5, 0.6) is 0 Å². The van der Waals surface area contributed by atoms with Crippen molar-refractivity contribution in [2.24, 2.45) is 0 Å². The summed E-state index contributed by atoms with van der Waals surface area (Å²) in [4.78, 5) is 21.5. The largest absolute Gasteiger partial charge is 0.340 e. The van der Waals surface area contributed by atoms with Crippen LogP contribution in [0.1, 0.15) is 17.0 Å². The van der Waals surface area contributed by atoms with E-state index in [2.05, 4.69) is 16.0 Å². The Labute approximate surface area is 139 Å². The average Bonchev–Trinajstić information content (AvgIpc) is 3.02. The molecule has 0 aliphatic rings. The molecule has 0 bridgehead atoms. The van der Waals surface area contributed by atoms with Crippen LogP contribution in [0.2, 0.25) is 0 Å². The smallest absolute Gasteiger partial charge is 0.246 e. The second kappa shape index (κ2) is 6.80. The van der Waals surface area contributed by atoms with Gasteiger partial charge in [0.2, 0.25) is 5.91 Å². The molecule has 118 valence electrons. The van der Waals surface area contributed by atoms with Crippen molar-refractivity contribution in [1.82, 2.24) is 14.9 Å². The molecule has 1 N–H and O–H groups in total. The highest BCUT2D eigenvalue weighted by Gasteiger charge is 2.09. The van der Waals surface area contributed by atoms with Gasteiger partial charge < -0.3 is 9.88 Å². The Bertz CT molecular complexity index is 916. The molecule has 3 rings (SSSR count). The molecule has 0 unspecified atom stereocenters. The lowest BCUT2D eigenvalue weighted by Gasteiger charge is -2.13. The highest BCUT2D eigenvalue weighted by molar-refractivity contribution is 5.92. The van der Waals surface area contributed by atoms with E-state index in [1.807, 2.05) is 36.4 Å². The molecule has 0 aliphatic carbocycles. The van der Waals surface area contributed by atoms with Crippen LogP contribution in [0, 0.1) is 11.3 Å². The van der Waals surface area contributed by atoms with Crippen LogP contribution >= 0.6 is 0 Å². The van der Waals surface area contributed by atoms with Crippen LogP contribution in [-0.4, -0.2) is 27.8 Å². The number of carbonyl (C=O) groups is 1. The van der Waals surface area contributed by atoms with Gasteiger partial charge >= 0.3 is 0 Å². The van der Waals surface area contributed by atoms with E-state index in [0.717, 1.165) is 22.4 Å². The summed E-state index contributed by atoms with van der Waals surface area (Å²) in [6, 6.07) is 17.0. The van der Waals surface area contributed by atoms with Gasteiger partial charge in [-0.2, -0.15) is 5.26 Å². The molecule has 0 atom stereocenters. The number of carbonyl (C=O) groups excluding carboxylic acids is 1. The van der Waals surface area contributed by atoms with Gasteiger partial charge in [-0.1, -0.05) is 30.3 Å². The van der Waals surface area contributed by atoms with Gasteiger partial charge in [-0.15, -0.1) is 0 Å². The molecular weight excluding hydrogens is 300 g/mol. The Morgan fingerprint density at radius 1 is 1.25 bits per heavy atom. The molecule has 5 heteroatoms. The second-order valence-electron chi connectivity index (χ2n) is 5.43. The molecule has 0 saturated heterocycles. The van der Waals surface area contributed by atoms with Crippen molar-refractivity contribution in [3.8, 4) is 6.07 Å². The summed E-state index contributed by atoms with van der Waals surface area (Å²) in [7, 11) is 1.72. The summed E-state index contributed by atoms with van der Waals surface area (Å²) in [6.07, 6.45) is 3.13. The number of hydrogen-bond donors (Lipinski definition) is 1. The number of likely N-dealkylation sites (N-methyl/N-ethyl adjacent to an activating group) is 1. The SMILES string of the molecule is CN(Cc1nc2ccccc2[nH]1)C(=O)/C=C/c1ccccc1C#N. The zero-order valence-corrected chi connectivity index (χ0v) is 13.2. The van der Waals surface area contributed by atoms with Crippen molar-refractivity contribution in [2.75, 3.05) is 7.05 Å². The number of benzene rings is 2. The maximum Gasteiger partial charge on any atom is 0.246 e. The van der Waals surface area contributed by atoms with E-state index >= 15 is 0 Å². The van der Waals surface area contributed by atoms with Crippen molar-refractivity contribution in [3.63, 3.8) is 0 Å². The number of nitriles is 1. The topological polar surface area (TPSA) is 72.8 Å². The highest BCUT2D eigenvalue weighted by atomic mass is 16.2. The minimum absolute atomic E-state index is 0.150. The predicted octanol–water partition coefficient (Wildman–Crippen LogP) is 3.11. The van der Waals surface area contributed by atoms with E-state index in [0.29, 0.717) is 12.1 Å². The van der Waals surface area contributed by atoms with Gasteiger partial charge in [-0.25, -0.2) is 4.98 Å². The molecule has 0 radical (unpaired) electrons. The van der Waals surface area contributed by atoms with E-state index in [1.54, 1.807) is 30.2 Å². The van der Waals surface area contributed by atoms with Crippen molar-refractivity contribution < 1.29 is 4.79 Å². The molecule has 0 fully saturated rings. The number of aromatic amines is 1. The van der Waals surface area contributed by atoms with Gasteiger partial charge in [0.15, 0.2) is 0 Å². The van der Waals surface area contributed by atoms with E-state index in [4.69, 9.17) is 5.26 Å². The Morgan fingerprint density at radius 3 is 2.79 bits per heavy atom. The summed E-state index contributed by atoms with van der Waals surface area (Å²) < 4.78 is 0. The number of rotatable bonds is 4. The van der Waals surface area contributed by atoms with E-state index in [-0.39, 0.29) is 5.91 Å². The number of imidazole rings is 1.